The number of nitrogens with one attached hydrogen (secondary N) is 1. The summed E-state index contributed by atoms with van der Waals surface area (Å²) in [5, 5.41) is 2.57. The second-order valence-corrected chi connectivity index (χ2v) is 3.11. The number of carbonyl (C=O) groups is 2. The lowest BCUT2D eigenvalue weighted by Crippen LogP contribution is -2.12. The first-order chi connectivity index (χ1) is 7.65. The third-order valence-electron chi connectivity index (χ3n) is 1.79. The molecule has 0 spiro atoms. The molecule has 0 radical (unpaired) electrons. The van der Waals surface area contributed by atoms with Gasteiger partial charge in [0.1, 0.15) is 6.61 Å². The van der Waals surface area contributed by atoms with Crippen LogP contribution in [0, 0.1) is 0 Å². The van der Waals surface area contributed by atoms with Crippen LogP contribution in [0.1, 0.15) is 17.3 Å². The lowest BCUT2D eigenvalue weighted by Gasteiger charge is -2.08. The minimum absolute atomic E-state index is 0.146. The molecule has 84 valence electrons. The van der Waals surface area contributed by atoms with Crippen molar-refractivity contribution in [3.8, 4) is 0 Å². The van der Waals surface area contributed by atoms with E-state index in [-0.39, 0.29) is 12.5 Å². The molecule has 1 N–H and O–H groups in total. The Morgan fingerprint density at radius 1 is 1.44 bits per heavy atom. The molecule has 1 amide bonds. The average molecular weight is 219 g/mol. The van der Waals surface area contributed by atoms with Crippen molar-refractivity contribution >= 4 is 17.6 Å². The van der Waals surface area contributed by atoms with Gasteiger partial charge >= 0.3 is 5.97 Å². The fourth-order valence-corrected chi connectivity index (χ4v) is 1.17. The van der Waals surface area contributed by atoms with Gasteiger partial charge in [-0.25, -0.2) is 4.79 Å². The summed E-state index contributed by atoms with van der Waals surface area (Å²) in [6, 6.07) is 6.67. The molecule has 0 saturated heterocycles. The predicted octanol–water partition coefficient (Wildman–Crippen LogP) is 1.99. The Morgan fingerprint density at radius 2 is 2.12 bits per heavy atom. The van der Waals surface area contributed by atoms with Crippen LogP contribution in [0.2, 0.25) is 0 Å². The number of carbonyl (C=O) groups excluding carboxylic acids is 2. The number of hydrogen-bond acceptors (Lipinski definition) is 3. The second-order valence-electron chi connectivity index (χ2n) is 3.11. The van der Waals surface area contributed by atoms with Crippen LogP contribution >= 0.6 is 0 Å². The molecule has 0 aliphatic heterocycles. The van der Waals surface area contributed by atoms with Gasteiger partial charge in [-0.1, -0.05) is 24.8 Å². The third kappa shape index (κ3) is 3.24. The summed E-state index contributed by atoms with van der Waals surface area (Å²) in [7, 11) is 0. The van der Waals surface area contributed by atoms with Crippen molar-refractivity contribution in [1.82, 2.24) is 0 Å². The van der Waals surface area contributed by atoms with Gasteiger partial charge in [-0.3, -0.25) is 4.79 Å². The Hall–Kier alpha value is -2.10. The summed E-state index contributed by atoms with van der Waals surface area (Å²) in [6.45, 7) is 4.98. The van der Waals surface area contributed by atoms with Gasteiger partial charge in [-0.2, -0.15) is 0 Å². The lowest BCUT2D eigenvalue weighted by molar-refractivity contribution is -0.114. The van der Waals surface area contributed by atoms with Crippen molar-refractivity contribution < 1.29 is 14.3 Å². The number of hydrogen-bond donors (Lipinski definition) is 1. The number of amides is 1. The molecule has 0 fully saturated rings. The molecule has 0 heterocycles. The van der Waals surface area contributed by atoms with Crippen molar-refractivity contribution in [2.24, 2.45) is 0 Å². The van der Waals surface area contributed by atoms with E-state index in [1.165, 1.54) is 13.0 Å². The zero-order chi connectivity index (χ0) is 12.0. The third-order valence-corrected chi connectivity index (χ3v) is 1.79. The molecule has 4 nitrogen and oxygen atoms in total. The molecule has 0 unspecified atom stereocenters. The highest BCUT2D eigenvalue weighted by Gasteiger charge is 2.12. The summed E-state index contributed by atoms with van der Waals surface area (Å²) in [5.74, 6) is -0.715. The van der Waals surface area contributed by atoms with Crippen LogP contribution in [0.4, 0.5) is 5.69 Å². The van der Waals surface area contributed by atoms with E-state index < -0.39 is 5.97 Å². The van der Waals surface area contributed by atoms with Gasteiger partial charge in [-0.15, -0.1) is 0 Å². The minimum atomic E-state index is -0.482. The van der Waals surface area contributed by atoms with Crippen molar-refractivity contribution in [1.29, 1.82) is 0 Å². The molecule has 4 heteroatoms. The SMILES string of the molecule is C=CCOC(=O)c1ccccc1NC(C)=O. The number of para-hydroxylation sites is 1. The largest absolute Gasteiger partial charge is 0.458 e. The summed E-state index contributed by atoms with van der Waals surface area (Å²) in [6.07, 6.45) is 1.49. The van der Waals surface area contributed by atoms with Crippen LogP contribution in [0.15, 0.2) is 36.9 Å². The Balaban J connectivity index is 2.89. The van der Waals surface area contributed by atoms with Gasteiger partial charge < -0.3 is 10.1 Å². The van der Waals surface area contributed by atoms with Gasteiger partial charge in [0.05, 0.1) is 11.3 Å². The Kier molecular flexibility index (Phi) is 4.27. The first-order valence-corrected chi connectivity index (χ1v) is 4.79. The van der Waals surface area contributed by atoms with Crippen LogP contribution in [0.5, 0.6) is 0 Å². The fourth-order valence-electron chi connectivity index (χ4n) is 1.17. The van der Waals surface area contributed by atoms with E-state index in [0.29, 0.717) is 11.3 Å². The zero-order valence-electron chi connectivity index (χ0n) is 9.03. The molecule has 0 aromatic heterocycles. The predicted molar refractivity (Wildman–Crippen MR) is 61.2 cm³/mol. The van der Waals surface area contributed by atoms with Gasteiger partial charge in [0.15, 0.2) is 0 Å². The van der Waals surface area contributed by atoms with E-state index >= 15 is 0 Å². The van der Waals surface area contributed by atoms with E-state index in [4.69, 9.17) is 4.74 Å². The van der Waals surface area contributed by atoms with Crippen LogP contribution < -0.4 is 5.32 Å². The minimum Gasteiger partial charge on any atom is -0.458 e. The van der Waals surface area contributed by atoms with Gasteiger partial charge in [0.25, 0.3) is 0 Å². The Labute approximate surface area is 93.9 Å². The van der Waals surface area contributed by atoms with Crippen molar-refractivity contribution in [3.05, 3.63) is 42.5 Å². The molecule has 0 atom stereocenters. The number of rotatable bonds is 4. The summed E-state index contributed by atoms with van der Waals surface area (Å²) < 4.78 is 4.89. The topological polar surface area (TPSA) is 55.4 Å². The molecule has 0 saturated carbocycles. The van der Waals surface area contributed by atoms with Crippen LogP contribution in [-0.2, 0) is 9.53 Å². The summed E-state index contributed by atoms with van der Waals surface area (Å²) in [4.78, 5) is 22.5. The van der Waals surface area contributed by atoms with Crippen molar-refractivity contribution in [3.63, 3.8) is 0 Å². The van der Waals surface area contributed by atoms with Crippen LogP contribution in [0.3, 0.4) is 0 Å². The van der Waals surface area contributed by atoms with Crippen LogP contribution in [0.25, 0.3) is 0 Å². The Bertz CT molecular complexity index is 412. The maximum Gasteiger partial charge on any atom is 0.340 e. The molecule has 16 heavy (non-hydrogen) atoms. The molecular weight excluding hydrogens is 206 g/mol. The fraction of sp³-hybridized carbons (Fsp3) is 0.167. The first kappa shape index (κ1) is 12.0. The highest BCUT2D eigenvalue weighted by atomic mass is 16.5. The molecular formula is C12H13NO3. The number of benzene rings is 1. The van der Waals surface area contributed by atoms with E-state index in [9.17, 15) is 9.59 Å². The lowest BCUT2D eigenvalue weighted by atomic mass is 10.2. The maximum atomic E-state index is 11.6. The van der Waals surface area contributed by atoms with E-state index in [2.05, 4.69) is 11.9 Å². The standard InChI is InChI=1S/C12H13NO3/c1-3-8-16-12(15)10-6-4-5-7-11(10)13-9(2)14/h3-7H,1,8H2,2H3,(H,13,14). The molecule has 1 rings (SSSR count). The summed E-state index contributed by atoms with van der Waals surface area (Å²) in [5.41, 5.74) is 0.781. The van der Waals surface area contributed by atoms with Gasteiger partial charge in [0, 0.05) is 6.92 Å². The number of ether oxygens (including phenoxy) is 1. The van der Waals surface area contributed by atoms with E-state index in [1.807, 2.05) is 0 Å². The van der Waals surface area contributed by atoms with Gasteiger partial charge in [-0.05, 0) is 12.1 Å². The second kappa shape index (κ2) is 5.70. The first-order valence-electron chi connectivity index (χ1n) is 4.79. The highest BCUT2D eigenvalue weighted by molar-refractivity contribution is 6.00. The van der Waals surface area contributed by atoms with E-state index in [1.54, 1.807) is 24.3 Å². The van der Waals surface area contributed by atoms with Crippen LogP contribution in [-0.4, -0.2) is 18.5 Å². The Morgan fingerprint density at radius 3 is 2.75 bits per heavy atom. The smallest absolute Gasteiger partial charge is 0.340 e. The molecule has 0 aliphatic rings. The molecule has 0 bridgehead atoms. The quantitative estimate of drug-likeness (QED) is 0.622. The normalized spacial score (nSPS) is 9.31. The van der Waals surface area contributed by atoms with Gasteiger partial charge in [0.2, 0.25) is 5.91 Å². The van der Waals surface area contributed by atoms with E-state index in [0.717, 1.165) is 0 Å². The summed E-state index contributed by atoms with van der Waals surface area (Å²) >= 11 is 0. The average Bonchev–Trinajstić information content (AvgIpc) is 2.26. The van der Waals surface area contributed by atoms with Crippen molar-refractivity contribution in [2.75, 3.05) is 11.9 Å². The number of esters is 1. The molecule has 1 aromatic rings. The molecule has 0 aliphatic carbocycles. The maximum absolute atomic E-state index is 11.6. The molecule has 1 aromatic carbocycles. The number of anilines is 1. The van der Waals surface area contributed by atoms with Crippen molar-refractivity contribution in [2.45, 2.75) is 6.92 Å². The zero-order valence-corrected chi connectivity index (χ0v) is 9.03. The monoisotopic (exact) mass is 219 g/mol. The highest BCUT2D eigenvalue weighted by Crippen LogP contribution is 2.15.